The van der Waals surface area contributed by atoms with Crippen LogP contribution in [0.4, 0.5) is 8.78 Å². The number of aliphatic hydroxyl groups excluding tert-OH is 1. The van der Waals surface area contributed by atoms with E-state index in [0.29, 0.717) is 17.4 Å². The summed E-state index contributed by atoms with van der Waals surface area (Å²) in [7, 11) is 0. The summed E-state index contributed by atoms with van der Waals surface area (Å²) in [6, 6.07) is 18.0. The Bertz CT molecular complexity index is 1280. The highest BCUT2D eigenvalue weighted by Crippen LogP contribution is 2.36. The lowest BCUT2D eigenvalue weighted by Crippen LogP contribution is -2.56. The number of nitrogens with zero attached hydrogens (tertiary/aromatic N) is 1. The van der Waals surface area contributed by atoms with Crippen LogP contribution in [-0.2, 0) is 14.4 Å². The molecule has 4 N–H and O–H groups in total. The van der Waals surface area contributed by atoms with E-state index in [1.165, 1.54) is 6.92 Å². The zero-order valence-electron chi connectivity index (χ0n) is 20.8. The Hall–Kier alpha value is -3.95. The predicted molar refractivity (Wildman–Crippen MR) is 136 cm³/mol. The van der Waals surface area contributed by atoms with Crippen LogP contribution in [0.2, 0.25) is 0 Å². The van der Waals surface area contributed by atoms with Crippen LogP contribution in [0.25, 0.3) is 0 Å². The number of halogens is 2. The molecule has 3 aromatic rings. The van der Waals surface area contributed by atoms with Crippen LogP contribution in [0.5, 0.6) is 0 Å². The van der Waals surface area contributed by atoms with Gasteiger partial charge in [-0.1, -0.05) is 60.7 Å². The highest BCUT2D eigenvalue weighted by molar-refractivity contribution is 6.04. The highest BCUT2D eigenvalue weighted by Gasteiger charge is 2.43. The van der Waals surface area contributed by atoms with E-state index in [0.717, 1.165) is 23.3 Å². The van der Waals surface area contributed by atoms with Gasteiger partial charge in [0, 0.05) is 6.07 Å². The number of nitrogens with one attached hydrogen (secondary N) is 1. The second kappa shape index (κ2) is 11.6. The van der Waals surface area contributed by atoms with E-state index in [-0.39, 0.29) is 17.9 Å². The van der Waals surface area contributed by atoms with Crippen molar-refractivity contribution in [2.24, 2.45) is 5.73 Å². The molecule has 1 fully saturated rings. The van der Waals surface area contributed by atoms with Gasteiger partial charge in [0.1, 0.15) is 17.7 Å². The number of carbonyl (C=O) groups excluding carboxylic acids is 3. The molecule has 0 saturated carbocycles. The molecule has 4 rings (SSSR count). The lowest BCUT2D eigenvalue weighted by Gasteiger charge is -2.32. The molecule has 0 bridgehead atoms. The van der Waals surface area contributed by atoms with Gasteiger partial charge >= 0.3 is 0 Å². The second-order valence-electron chi connectivity index (χ2n) is 9.51. The van der Waals surface area contributed by atoms with Gasteiger partial charge in [0.15, 0.2) is 6.10 Å². The minimum Gasteiger partial charge on any atom is -0.378 e. The summed E-state index contributed by atoms with van der Waals surface area (Å²) < 4.78 is 27.7. The average molecular weight is 522 g/mol. The number of amides is 3. The number of hydrogen-bond acceptors (Lipinski definition) is 5. The van der Waals surface area contributed by atoms with Gasteiger partial charge < -0.3 is 16.2 Å². The maximum atomic E-state index is 13.8. The fourth-order valence-electron chi connectivity index (χ4n) is 4.85. The molecular formula is C29H29F2N3O4. The summed E-state index contributed by atoms with van der Waals surface area (Å²) in [5.41, 5.74) is 7.22. The van der Waals surface area contributed by atoms with Gasteiger partial charge in [-0.3, -0.25) is 19.3 Å². The van der Waals surface area contributed by atoms with E-state index < -0.39 is 53.6 Å². The van der Waals surface area contributed by atoms with E-state index in [9.17, 15) is 28.3 Å². The molecule has 0 aliphatic carbocycles. The minimum atomic E-state index is -2.10. The number of carbonyl (C=O) groups is 3. The maximum absolute atomic E-state index is 13.8. The summed E-state index contributed by atoms with van der Waals surface area (Å²) in [6.45, 7) is 1.35. The normalized spacial score (nSPS) is 21.1. The predicted octanol–water partition coefficient (Wildman–Crippen LogP) is 3.50. The van der Waals surface area contributed by atoms with Crippen LogP contribution in [0.3, 0.4) is 0 Å². The molecule has 0 radical (unpaired) electrons. The van der Waals surface area contributed by atoms with Gasteiger partial charge in [-0.25, -0.2) is 8.78 Å². The van der Waals surface area contributed by atoms with Gasteiger partial charge in [-0.05, 0) is 54.5 Å². The minimum absolute atomic E-state index is 0.0631. The molecule has 198 valence electrons. The number of benzene rings is 3. The maximum Gasteiger partial charge on any atom is 0.263 e. The molecule has 3 aromatic carbocycles. The summed E-state index contributed by atoms with van der Waals surface area (Å²) in [5, 5.41) is 13.7. The Morgan fingerprint density at radius 3 is 2.03 bits per heavy atom. The standard InChI is InChI=1S/C29H29F2N3O4/c1-17(32)28(37)34(29(38)26(35)21-12-22(30)16-23(31)13-21)25-15-20(18-8-4-2-5-9-18)14-24(33-27(25)36)19-10-6-3-7-11-19/h2-13,16-17,20,24-26,35H,14-15,32H2,1H3,(H,33,36)/t17-,20+,24+,25-,26-/m0/s1. The lowest BCUT2D eigenvalue weighted by molar-refractivity contribution is -0.158. The van der Waals surface area contributed by atoms with E-state index >= 15 is 0 Å². The van der Waals surface area contributed by atoms with Crippen LogP contribution in [-0.4, -0.2) is 39.8 Å². The molecule has 1 aliphatic heterocycles. The monoisotopic (exact) mass is 521 g/mol. The second-order valence-corrected chi connectivity index (χ2v) is 9.51. The Labute approximate surface area is 219 Å². The molecule has 0 unspecified atom stereocenters. The quantitative estimate of drug-likeness (QED) is 0.460. The first-order chi connectivity index (χ1) is 18.2. The van der Waals surface area contributed by atoms with E-state index in [1.807, 2.05) is 60.7 Å². The van der Waals surface area contributed by atoms with Crippen LogP contribution < -0.4 is 11.1 Å². The highest BCUT2D eigenvalue weighted by atomic mass is 19.1. The average Bonchev–Trinajstić information content (AvgIpc) is 3.07. The molecule has 38 heavy (non-hydrogen) atoms. The molecule has 7 nitrogen and oxygen atoms in total. The molecule has 1 aliphatic rings. The van der Waals surface area contributed by atoms with Gasteiger partial charge in [0.05, 0.1) is 12.1 Å². The summed E-state index contributed by atoms with van der Waals surface area (Å²) in [5.74, 6) is -4.95. The number of hydrogen-bond donors (Lipinski definition) is 3. The number of rotatable bonds is 6. The van der Waals surface area contributed by atoms with E-state index in [1.54, 1.807) is 0 Å². The zero-order chi connectivity index (χ0) is 27.4. The van der Waals surface area contributed by atoms with Gasteiger partial charge in [-0.2, -0.15) is 0 Å². The van der Waals surface area contributed by atoms with Crippen molar-refractivity contribution in [1.82, 2.24) is 10.2 Å². The first kappa shape index (κ1) is 27.1. The van der Waals surface area contributed by atoms with Crippen molar-refractivity contribution in [3.8, 4) is 0 Å². The first-order valence-electron chi connectivity index (χ1n) is 12.3. The van der Waals surface area contributed by atoms with Crippen molar-refractivity contribution in [2.75, 3.05) is 0 Å². The lowest BCUT2D eigenvalue weighted by atomic mass is 9.86. The largest absolute Gasteiger partial charge is 0.378 e. The third-order valence-corrected chi connectivity index (χ3v) is 6.73. The third-order valence-electron chi connectivity index (χ3n) is 6.73. The SMILES string of the molecule is C[C@H](N)C(=O)N(C(=O)[C@@H](O)c1cc(F)cc(F)c1)[C@H]1C[C@H](c2ccccc2)C[C@H](c2ccccc2)NC1=O. The fourth-order valence-corrected chi connectivity index (χ4v) is 4.85. The Morgan fingerprint density at radius 1 is 0.921 bits per heavy atom. The molecule has 1 heterocycles. The number of nitrogens with two attached hydrogens (primary N) is 1. The Kier molecular flexibility index (Phi) is 8.29. The third kappa shape index (κ3) is 5.95. The van der Waals surface area contributed by atoms with E-state index in [4.69, 9.17) is 5.73 Å². The topological polar surface area (TPSA) is 113 Å². The van der Waals surface area contributed by atoms with E-state index in [2.05, 4.69) is 5.32 Å². The van der Waals surface area contributed by atoms with Crippen molar-refractivity contribution < 1.29 is 28.3 Å². The molecule has 5 atom stereocenters. The Morgan fingerprint density at radius 2 is 1.47 bits per heavy atom. The zero-order valence-corrected chi connectivity index (χ0v) is 20.8. The van der Waals surface area contributed by atoms with Crippen LogP contribution in [0, 0.1) is 11.6 Å². The van der Waals surface area contributed by atoms with Crippen molar-refractivity contribution in [3.63, 3.8) is 0 Å². The van der Waals surface area contributed by atoms with Crippen molar-refractivity contribution >= 4 is 17.7 Å². The fraction of sp³-hybridized carbons (Fsp3) is 0.276. The molecule has 9 heteroatoms. The molecule has 0 aromatic heterocycles. The van der Waals surface area contributed by atoms with Crippen LogP contribution in [0.15, 0.2) is 78.9 Å². The molecule has 1 saturated heterocycles. The van der Waals surface area contributed by atoms with Crippen molar-refractivity contribution in [3.05, 3.63) is 107 Å². The molecule has 3 amide bonds. The van der Waals surface area contributed by atoms with Gasteiger partial charge in [0.25, 0.3) is 5.91 Å². The van der Waals surface area contributed by atoms with Crippen molar-refractivity contribution in [1.29, 1.82) is 0 Å². The van der Waals surface area contributed by atoms with Gasteiger partial charge in [-0.15, -0.1) is 0 Å². The molecule has 0 spiro atoms. The summed E-state index contributed by atoms with van der Waals surface area (Å²) in [6.07, 6.45) is -1.55. The first-order valence-corrected chi connectivity index (χ1v) is 12.3. The smallest absolute Gasteiger partial charge is 0.263 e. The Balaban J connectivity index is 1.75. The number of imide groups is 1. The van der Waals surface area contributed by atoms with Crippen molar-refractivity contribution in [2.45, 2.75) is 49.9 Å². The number of aliphatic hydroxyl groups is 1. The summed E-state index contributed by atoms with van der Waals surface area (Å²) in [4.78, 5) is 41.1. The molecular weight excluding hydrogens is 492 g/mol. The van der Waals surface area contributed by atoms with Crippen LogP contribution in [0.1, 0.15) is 54.5 Å². The summed E-state index contributed by atoms with van der Waals surface area (Å²) >= 11 is 0. The van der Waals surface area contributed by atoms with Crippen LogP contribution >= 0.6 is 0 Å². The van der Waals surface area contributed by atoms with Gasteiger partial charge in [0.2, 0.25) is 11.8 Å².